The van der Waals surface area contributed by atoms with Crippen molar-refractivity contribution in [2.24, 2.45) is 10.7 Å². The molecule has 3 heteroatoms. The molecule has 0 atom stereocenters. The molecule has 0 spiro atoms. The predicted octanol–water partition coefficient (Wildman–Crippen LogP) is -0.192. The lowest BCUT2D eigenvalue weighted by Crippen LogP contribution is -2.30. The highest BCUT2D eigenvalue weighted by atomic mass is 15.1. The van der Waals surface area contributed by atoms with E-state index in [9.17, 15) is 0 Å². The Morgan fingerprint density at radius 1 is 1.88 bits per heavy atom. The molecule has 0 amide bonds. The highest BCUT2D eigenvalue weighted by Crippen LogP contribution is 1.93. The summed E-state index contributed by atoms with van der Waals surface area (Å²) in [6, 6.07) is 0. The fourth-order valence-corrected chi connectivity index (χ4v) is 0.498. The first-order valence-corrected chi connectivity index (χ1v) is 2.51. The summed E-state index contributed by atoms with van der Waals surface area (Å²) < 4.78 is 0. The van der Waals surface area contributed by atoms with Crippen molar-refractivity contribution in [2.75, 3.05) is 6.54 Å². The molecule has 0 saturated carbocycles. The summed E-state index contributed by atoms with van der Waals surface area (Å²) in [5.74, 6) is 0.510. The van der Waals surface area contributed by atoms with Gasteiger partial charge < -0.3 is 11.1 Å². The van der Waals surface area contributed by atoms with E-state index in [2.05, 4.69) is 10.3 Å². The maximum Gasteiger partial charge on any atom is 0.192 e. The summed E-state index contributed by atoms with van der Waals surface area (Å²) in [7, 11) is 0. The number of hydrogen-bond acceptors (Lipinski definition) is 3. The molecule has 1 heterocycles. The molecule has 0 radical (unpaired) electrons. The van der Waals surface area contributed by atoms with E-state index in [1.54, 1.807) is 0 Å². The molecule has 44 valence electrons. The van der Waals surface area contributed by atoms with Gasteiger partial charge >= 0.3 is 0 Å². The van der Waals surface area contributed by atoms with Crippen molar-refractivity contribution in [1.82, 2.24) is 5.32 Å². The molecule has 1 rings (SSSR count). The molecule has 3 N–H and O–H groups in total. The van der Waals surface area contributed by atoms with Crippen LogP contribution in [-0.2, 0) is 0 Å². The first-order valence-electron chi connectivity index (χ1n) is 2.51. The van der Waals surface area contributed by atoms with Gasteiger partial charge in [0.2, 0.25) is 0 Å². The zero-order valence-corrected chi connectivity index (χ0v) is 4.81. The summed E-state index contributed by atoms with van der Waals surface area (Å²) in [6.45, 7) is 2.74. The first kappa shape index (κ1) is 5.15. The normalized spacial score (nSPS) is 18.6. The molecule has 0 unspecified atom stereocenters. The summed E-state index contributed by atoms with van der Waals surface area (Å²) in [6.07, 6.45) is 1.86. The molecule has 0 aliphatic carbocycles. The molecule has 3 nitrogen and oxygen atoms in total. The molecule has 8 heavy (non-hydrogen) atoms. The minimum Gasteiger partial charge on any atom is -0.370 e. The maximum atomic E-state index is 5.29. The number of guanidine groups is 1. The van der Waals surface area contributed by atoms with E-state index in [-0.39, 0.29) is 0 Å². The number of rotatable bonds is 0. The maximum absolute atomic E-state index is 5.29. The van der Waals surface area contributed by atoms with Crippen LogP contribution in [0.2, 0.25) is 0 Å². The second kappa shape index (κ2) is 1.86. The molecule has 0 aromatic heterocycles. The van der Waals surface area contributed by atoms with Crippen LogP contribution < -0.4 is 11.1 Å². The van der Waals surface area contributed by atoms with Crippen molar-refractivity contribution in [3.63, 3.8) is 0 Å². The van der Waals surface area contributed by atoms with E-state index in [1.165, 1.54) is 5.57 Å². The van der Waals surface area contributed by atoms with Gasteiger partial charge in [0.05, 0.1) is 6.54 Å². The van der Waals surface area contributed by atoms with Crippen molar-refractivity contribution in [3.05, 3.63) is 11.8 Å². The van der Waals surface area contributed by atoms with Crippen LogP contribution in [0.25, 0.3) is 0 Å². The Kier molecular flexibility index (Phi) is 1.20. The van der Waals surface area contributed by atoms with Crippen LogP contribution in [0.5, 0.6) is 0 Å². The highest BCUT2D eigenvalue weighted by molar-refractivity contribution is 5.79. The van der Waals surface area contributed by atoms with Gasteiger partial charge in [-0.1, -0.05) is 0 Å². The Hall–Kier alpha value is -0.990. The second-order valence-electron chi connectivity index (χ2n) is 1.84. The van der Waals surface area contributed by atoms with E-state index in [0.29, 0.717) is 5.96 Å². The number of nitrogens with zero attached hydrogens (tertiary/aromatic N) is 1. The molecule has 1 aliphatic heterocycles. The molecule has 0 saturated heterocycles. The van der Waals surface area contributed by atoms with E-state index in [1.807, 2.05) is 13.1 Å². The summed E-state index contributed by atoms with van der Waals surface area (Å²) in [5.41, 5.74) is 6.50. The van der Waals surface area contributed by atoms with Gasteiger partial charge in [-0.15, -0.1) is 0 Å². The average Bonchev–Trinajstić information content (AvgIpc) is 1.77. The van der Waals surface area contributed by atoms with E-state index in [4.69, 9.17) is 5.73 Å². The standard InChI is InChI=1S/C5H9N3/c1-4-2-7-5(6)8-3-4/h2H,3H2,1H3,(H3,6,7,8). The average molecular weight is 111 g/mol. The zero-order valence-electron chi connectivity index (χ0n) is 4.81. The minimum absolute atomic E-state index is 0.510. The summed E-state index contributed by atoms with van der Waals surface area (Å²) in [4.78, 5) is 3.93. The number of nitrogens with two attached hydrogens (primary N) is 1. The smallest absolute Gasteiger partial charge is 0.192 e. The minimum atomic E-state index is 0.510. The van der Waals surface area contributed by atoms with E-state index < -0.39 is 0 Å². The highest BCUT2D eigenvalue weighted by Gasteiger charge is 1.94. The Morgan fingerprint density at radius 3 is 3.00 bits per heavy atom. The quantitative estimate of drug-likeness (QED) is 0.455. The van der Waals surface area contributed by atoms with Gasteiger partial charge in [0.1, 0.15) is 0 Å². The molecule has 0 aromatic rings. The Labute approximate surface area is 48.3 Å². The van der Waals surface area contributed by atoms with Crippen molar-refractivity contribution in [1.29, 1.82) is 0 Å². The monoisotopic (exact) mass is 111 g/mol. The molecule has 0 aromatic carbocycles. The van der Waals surface area contributed by atoms with Crippen molar-refractivity contribution in [3.8, 4) is 0 Å². The van der Waals surface area contributed by atoms with Crippen molar-refractivity contribution >= 4 is 5.96 Å². The SMILES string of the molecule is CC1=CNC(N)=NC1. The lowest BCUT2D eigenvalue weighted by atomic mass is 10.3. The number of hydrogen-bond donors (Lipinski definition) is 2. The van der Waals surface area contributed by atoms with Crippen LogP contribution in [-0.4, -0.2) is 12.5 Å². The van der Waals surface area contributed by atoms with E-state index >= 15 is 0 Å². The van der Waals surface area contributed by atoms with Crippen LogP contribution in [0.4, 0.5) is 0 Å². The Morgan fingerprint density at radius 2 is 2.62 bits per heavy atom. The van der Waals surface area contributed by atoms with E-state index in [0.717, 1.165) is 6.54 Å². The first-order chi connectivity index (χ1) is 3.79. The van der Waals surface area contributed by atoms with Gasteiger partial charge in [0.15, 0.2) is 5.96 Å². The lowest BCUT2D eigenvalue weighted by Gasteiger charge is -2.06. The fourth-order valence-electron chi connectivity index (χ4n) is 0.498. The zero-order chi connectivity index (χ0) is 5.98. The molecular weight excluding hydrogens is 102 g/mol. The lowest BCUT2D eigenvalue weighted by molar-refractivity contribution is 1.01. The van der Waals surface area contributed by atoms with Gasteiger partial charge in [-0.2, -0.15) is 0 Å². The van der Waals surface area contributed by atoms with Crippen LogP contribution in [0, 0.1) is 0 Å². The van der Waals surface area contributed by atoms with Crippen LogP contribution in [0.3, 0.4) is 0 Å². The third-order valence-electron chi connectivity index (χ3n) is 0.965. The van der Waals surface area contributed by atoms with Crippen LogP contribution >= 0.6 is 0 Å². The summed E-state index contributed by atoms with van der Waals surface area (Å²) >= 11 is 0. The predicted molar refractivity (Wildman–Crippen MR) is 33.4 cm³/mol. The molecule has 0 bridgehead atoms. The Bertz CT molecular complexity index is 128. The van der Waals surface area contributed by atoms with Crippen LogP contribution in [0.1, 0.15) is 6.92 Å². The molecular formula is C5H9N3. The fraction of sp³-hybridized carbons (Fsp3) is 0.400. The summed E-state index contributed by atoms with van der Waals surface area (Å²) in [5, 5.41) is 2.80. The topological polar surface area (TPSA) is 50.4 Å². The molecule has 1 aliphatic rings. The number of aliphatic imine (C=N–C) groups is 1. The van der Waals surface area contributed by atoms with Gasteiger partial charge in [-0.25, -0.2) is 4.99 Å². The number of nitrogens with one attached hydrogen (secondary N) is 1. The molecule has 0 fully saturated rings. The Balaban J connectivity index is 2.54. The third kappa shape index (κ3) is 0.992. The van der Waals surface area contributed by atoms with Crippen molar-refractivity contribution in [2.45, 2.75) is 6.92 Å². The van der Waals surface area contributed by atoms with Crippen molar-refractivity contribution < 1.29 is 0 Å². The van der Waals surface area contributed by atoms with Gasteiger partial charge in [0, 0.05) is 6.20 Å². The van der Waals surface area contributed by atoms with Gasteiger partial charge in [0.25, 0.3) is 0 Å². The van der Waals surface area contributed by atoms with Gasteiger partial charge in [-0.3, -0.25) is 0 Å². The van der Waals surface area contributed by atoms with Crippen LogP contribution in [0.15, 0.2) is 16.8 Å². The third-order valence-corrected chi connectivity index (χ3v) is 0.965. The second-order valence-corrected chi connectivity index (χ2v) is 1.84. The van der Waals surface area contributed by atoms with Gasteiger partial charge in [-0.05, 0) is 12.5 Å². The largest absolute Gasteiger partial charge is 0.370 e.